The zero-order valence-electron chi connectivity index (χ0n) is 17.2. The predicted octanol–water partition coefficient (Wildman–Crippen LogP) is 2.41. The van der Waals surface area contributed by atoms with Crippen molar-refractivity contribution in [2.75, 3.05) is 12.4 Å². The van der Waals surface area contributed by atoms with Gasteiger partial charge in [-0.05, 0) is 12.5 Å². The number of carboxylic acid groups (broad SMARTS) is 1. The van der Waals surface area contributed by atoms with Crippen molar-refractivity contribution in [3.8, 4) is 11.5 Å². The quantitative estimate of drug-likeness (QED) is 0.426. The van der Waals surface area contributed by atoms with E-state index in [0.29, 0.717) is 24.3 Å². The Morgan fingerprint density at radius 1 is 1.23 bits per heavy atom. The predicted molar refractivity (Wildman–Crippen MR) is 111 cm³/mol. The molecule has 0 spiro atoms. The summed E-state index contributed by atoms with van der Waals surface area (Å²) < 4.78 is 39.2. The van der Waals surface area contributed by atoms with Gasteiger partial charge in [0.1, 0.15) is 6.10 Å². The monoisotopic (exact) mass is 441 g/mol. The second-order valence-corrected chi connectivity index (χ2v) is 9.95. The molecule has 1 saturated carbocycles. The van der Waals surface area contributed by atoms with E-state index in [1.54, 1.807) is 18.2 Å². The third-order valence-corrected chi connectivity index (χ3v) is 7.20. The standard InChI is InChI=1S/C21H31NO7S/c1-2-3-4-5-6-7-11-30(26,27)22-20-15(23)12-17-19(20)14-9-8-10-16(21(14)29-17)28-13-18(24)25/h8-10,15,17,19-20,22-23H,2-7,11-13H2,1H3,(H,24,25). The first-order valence-electron chi connectivity index (χ1n) is 10.6. The van der Waals surface area contributed by atoms with Crippen LogP contribution in [0.1, 0.15) is 63.4 Å². The Kier molecular flexibility index (Phi) is 7.60. The van der Waals surface area contributed by atoms with Gasteiger partial charge in [-0.3, -0.25) is 0 Å². The molecule has 0 aromatic heterocycles. The van der Waals surface area contributed by atoms with E-state index in [2.05, 4.69) is 11.6 Å². The van der Waals surface area contributed by atoms with Gasteiger partial charge >= 0.3 is 5.97 Å². The van der Waals surface area contributed by atoms with E-state index in [4.69, 9.17) is 14.6 Å². The minimum Gasteiger partial charge on any atom is -0.485 e. The van der Waals surface area contributed by atoms with Crippen molar-refractivity contribution in [3.63, 3.8) is 0 Å². The van der Waals surface area contributed by atoms with Gasteiger partial charge in [0.25, 0.3) is 0 Å². The van der Waals surface area contributed by atoms with Gasteiger partial charge < -0.3 is 19.7 Å². The zero-order chi connectivity index (χ0) is 21.7. The van der Waals surface area contributed by atoms with E-state index in [9.17, 15) is 18.3 Å². The number of aliphatic carboxylic acids is 1. The maximum atomic E-state index is 12.6. The van der Waals surface area contributed by atoms with Crippen LogP contribution in [0, 0.1) is 0 Å². The molecule has 1 aliphatic carbocycles. The molecular weight excluding hydrogens is 410 g/mol. The van der Waals surface area contributed by atoms with Crippen molar-refractivity contribution in [1.29, 1.82) is 0 Å². The summed E-state index contributed by atoms with van der Waals surface area (Å²) in [6, 6.07) is 4.46. The zero-order valence-corrected chi connectivity index (χ0v) is 18.1. The maximum absolute atomic E-state index is 12.6. The van der Waals surface area contributed by atoms with Crippen LogP contribution >= 0.6 is 0 Å². The average Bonchev–Trinajstić information content (AvgIpc) is 3.18. The van der Waals surface area contributed by atoms with Crippen molar-refractivity contribution in [2.45, 2.75) is 76.0 Å². The minimum atomic E-state index is -3.54. The van der Waals surface area contributed by atoms with Crippen LogP contribution in [0.5, 0.6) is 11.5 Å². The minimum absolute atomic E-state index is 0.0369. The van der Waals surface area contributed by atoms with E-state index in [-0.39, 0.29) is 17.8 Å². The number of aliphatic hydroxyl groups excluding tert-OH is 1. The number of carboxylic acids is 1. The summed E-state index contributed by atoms with van der Waals surface area (Å²) in [7, 11) is -3.54. The lowest BCUT2D eigenvalue weighted by molar-refractivity contribution is -0.139. The number of aliphatic hydroxyl groups is 1. The van der Waals surface area contributed by atoms with Gasteiger partial charge in [0.2, 0.25) is 10.0 Å². The number of sulfonamides is 1. The van der Waals surface area contributed by atoms with Gasteiger partial charge in [0.05, 0.1) is 17.9 Å². The summed E-state index contributed by atoms with van der Waals surface area (Å²) in [5.41, 5.74) is 0.728. The Labute approximate surface area is 177 Å². The summed E-state index contributed by atoms with van der Waals surface area (Å²) in [6.07, 6.45) is 4.99. The Bertz CT molecular complexity index is 842. The molecule has 3 N–H and O–H groups in total. The van der Waals surface area contributed by atoms with E-state index in [0.717, 1.165) is 31.2 Å². The highest BCUT2D eigenvalue weighted by Crippen LogP contribution is 2.51. The largest absolute Gasteiger partial charge is 0.485 e. The molecule has 0 saturated heterocycles. The van der Waals surface area contributed by atoms with Gasteiger partial charge in [-0.15, -0.1) is 0 Å². The summed E-state index contributed by atoms with van der Waals surface area (Å²) in [4.78, 5) is 10.8. The highest BCUT2D eigenvalue weighted by atomic mass is 32.2. The van der Waals surface area contributed by atoms with Crippen LogP contribution in [0.3, 0.4) is 0 Å². The van der Waals surface area contributed by atoms with Crippen molar-refractivity contribution < 1.29 is 32.9 Å². The number of ether oxygens (including phenoxy) is 2. The van der Waals surface area contributed by atoms with Crippen LogP contribution in [0.2, 0.25) is 0 Å². The number of hydrogen-bond donors (Lipinski definition) is 3. The number of carbonyl (C=O) groups is 1. The highest BCUT2D eigenvalue weighted by molar-refractivity contribution is 7.89. The molecule has 0 bridgehead atoms. The van der Waals surface area contributed by atoms with E-state index in [1.165, 1.54) is 6.42 Å². The lowest BCUT2D eigenvalue weighted by atomic mass is 9.94. The van der Waals surface area contributed by atoms with Gasteiger partial charge in [0.15, 0.2) is 18.1 Å². The second-order valence-electron chi connectivity index (χ2n) is 8.07. The first-order valence-corrected chi connectivity index (χ1v) is 12.3. The van der Waals surface area contributed by atoms with Crippen LogP contribution in [0.15, 0.2) is 18.2 Å². The van der Waals surface area contributed by atoms with Crippen molar-refractivity contribution in [3.05, 3.63) is 23.8 Å². The normalized spacial score (nSPS) is 24.9. The fourth-order valence-corrected chi connectivity index (χ4v) is 5.75. The summed E-state index contributed by atoms with van der Waals surface area (Å²) in [5, 5.41) is 19.3. The van der Waals surface area contributed by atoms with E-state index < -0.39 is 34.7 Å². The smallest absolute Gasteiger partial charge is 0.341 e. The first kappa shape index (κ1) is 22.8. The molecule has 0 amide bonds. The summed E-state index contributed by atoms with van der Waals surface area (Å²) >= 11 is 0. The number of hydrogen-bond acceptors (Lipinski definition) is 6. The lowest BCUT2D eigenvalue weighted by Gasteiger charge is -2.22. The van der Waals surface area contributed by atoms with Crippen LogP contribution in [0.25, 0.3) is 0 Å². The molecule has 1 aromatic carbocycles. The van der Waals surface area contributed by atoms with E-state index >= 15 is 0 Å². The maximum Gasteiger partial charge on any atom is 0.341 e. The summed E-state index contributed by atoms with van der Waals surface area (Å²) in [6.45, 7) is 1.65. The van der Waals surface area contributed by atoms with E-state index in [1.807, 2.05) is 0 Å². The Morgan fingerprint density at radius 2 is 1.97 bits per heavy atom. The highest BCUT2D eigenvalue weighted by Gasteiger charge is 2.51. The van der Waals surface area contributed by atoms with Crippen molar-refractivity contribution in [1.82, 2.24) is 4.72 Å². The summed E-state index contributed by atoms with van der Waals surface area (Å²) in [5.74, 6) is -0.660. The molecule has 1 aliphatic heterocycles. The van der Waals surface area contributed by atoms with Crippen molar-refractivity contribution >= 4 is 16.0 Å². The molecule has 2 aliphatic rings. The van der Waals surface area contributed by atoms with Gasteiger partial charge in [-0.1, -0.05) is 51.2 Å². The van der Waals surface area contributed by atoms with Crippen molar-refractivity contribution in [2.24, 2.45) is 0 Å². The number of benzene rings is 1. The number of para-hydroxylation sites is 1. The fraction of sp³-hybridized carbons (Fsp3) is 0.667. The Hall–Kier alpha value is -1.84. The van der Waals surface area contributed by atoms with Crippen LogP contribution in [0.4, 0.5) is 0 Å². The SMILES string of the molecule is CCCCCCCCS(=O)(=O)NC1C(O)CC2Oc3c(OCC(=O)O)cccc3C21. The van der Waals surface area contributed by atoms with Crippen LogP contribution in [-0.4, -0.2) is 55.2 Å². The molecule has 8 nitrogen and oxygen atoms in total. The molecule has 168 valence electrons. The first-order chi connectivity index (χ1) is 14.3. The molecule has 30 heavy (non-hydrogen) atoms. The second kappa shape index (κ2) is 9.98. The number of nitrogens with one attached hydrogen (secondary N) is 1. The molecule has 1 fully saturated rings. The Balaban J connectivity index is 1.65. The van der Waals surface area contributed by atoms with Gasteiger partial charge in [0, 0.05) is 17.9 Å². The molecule has 0 radical (unpaired) electrons. The van der Waals surface area contributed by atoms with Crippen LogP contribution < -0.4 is 14.2 Å². The van der Waals surface area contributed by atoms with Gasteiger partial charge in [-0.2, -0.15) is 0 Å². The topological polar surface area (TPSA) is 122 Å². The average molecular weight is 442 g/mol. The molecule has 1 heterocycles. The lowest BCUT2D eigenvalue weighted by Crippen LogP contribution is -2.44. The third-order valence-electron chi connectivity index (χ3n) is 5.75. The molecule has 9 heteroatoms. The van der Waals surface area contributed by atoms with Gasteiger partial charge in [-0.25, -0.2) is 17.9 Å². The molecule has 3 rings (SSSR count). The third kappa shape index (κ3) is 5.44. The molecule has 4 atom stereocenters. The molecular formula is C21H31NO7S. The Morgan fingerprint density at radius 3 is 2.70 bits per heavy atom. The van der Waals surface area contributed by atoms with Crippen LogP contribution in [-0.2, 0) is 14.8 Å². The fourth-order valence-electron chi connectivity index (χ4n) is 4.33. The number of fused-ring (bicyclic) bond motifs is 3. The molecule has 4 unspecified atom stereocenters. The number of rotatable bonds is 12. The number of unbranched alkanes of at least 4 members (excludes halogenated alkanes) is 5. The molecule has 1 aromatic rings.